The van der Waals surface area contributed by atoms with Crippen molar-refractivity contribution in [3.05, 3.63) is 35.4 Å². The van der Waals surface area contributed by atoms with Crippen LogP contribution in [0.1, 0.15) is 36.5 Å². The molecule has 0 unspecified atom stereocenters. The van der Waals surface area contributed by atoms with Crippen LogP contribution in [0.25, 0.3) is 0 Å². The van der Waals surface area contributed by atoms with E-state index < -0.39 is 29.1 Å². The maximum Gasteiger partial charge on any atom is 0.256 e. The first-order valence-electron chi connectivity index (χ1n) is 7.47. The van der Waals surface area contributed by atoms with Crippen molar-refractivity contribution in [2.75, 3.05) is 19.7 Å². The van der Waals surface area contributed by atoms with Crippen LogP contribution >= 0.6 is 0 Å². The van der Waals surface area contributed by atoms with Crippen molar-refractivity contribution in [2.45, 2.75) is 32.3 Å². The minimum Gasteiger partial charge on any atom is -0.396 e. The van der Waals surface area contributed by atoms with Crippen LogP contribution < -0.4 is 0 Å². The van der Waals surface area contributed by atoms with E-state index in [2.05, 4.69) is 0 Å². The summed E-state index contributed by atoms with van der Waals surface area (Å²) in [5, 5.41) is 19.9. The normalized spacial score (nSPS) is 25.3. The predicted octanol–water partition coefficient (Wildman–Crippen LogP) is 1.95. The molecule has 1 aromatic rings. The highest BCUT2D eigenvalue weighted by Gasteiger charge is 2.43. The molecule has 1 saturated heterocycles. The Labute approximate surface area is 128 Å². The van der Waals surface area contributed by atoms with Crippen molar-refractivity contribution in [3.63, 3.8) is 0 Å². The van der Waals surface area contributed by atoms with E-state index in [1.165, 1.54) is 4.90 Å². The molecule has 0 aromatic heterocycles. The number of amides is 1. The van der Waals surface area contributed by atoms with E-state index in [1.54, 1.807) is 0 Å². The Balaban J connectivity index is 2.23. The summed E-state index contributed by atoms with van der Waals surface area (Å²) in [4.78, 5) is 13.9. The third-order valence-corrected chi connectivity index (χ3v) is 4.40. The summed E-state index contributed by atoms with van der Waals surface area (Å²) in [6.45, 7) is 2.14. The molecule has 0 saturated carbocycles. The second kappa shape index (κ2) is 6.71. The van der Waals surface area contributed by atoms with Crippen LogP contribution in [0.4, 0.5) is 8.78 Å². The highest BCUT2D eigenvalue weighted by Crippen LogP contribution is 2.35. The highest BCUT2D eigenvalue weighted by molar-refractivity contribution is 5.94. The number of likely N-dealkylation sites (tertiary alicyclic amines) is 1. The van der Waals surface area contributed by atoms with Crippen LogP contribution in [0.15, 0.2) is 18.2 Å². The number of aliphatic hydroxyl groups excluding tert-OH is 2. The molecule has 1 aliphatic rings. The van der Waals surface area contributed by atoms with Crippen molar-refractivity contribution in [1.29, 1.82) is 0 Å². The molecule has 122 valence electrons. The lowest BCUT2D eigenvalue weighted by atomic mass is 9.74. The Morgan fingerprint density at radius 1 is 1.45 bits per heavy atom. The zero-order valence-electron chi connectivity index (χ0n) is 12.6. The minimum absolute atomic E-state index is 0.161. The van der Waals surface area contributed by atoms with E-state index in [0.717, 1.165) is 18.6 Å². The fourth-order valence-corrected chi connectivity index (χ4v) is 3.13. The maximum atomic E-state index is 13.8. The van der Waals surface area contributed by atoms with Gasteiger partial charge in [-0.2, -0.15) is 0 Å². The number of nitrogens with zero attached hydrogens (tertiary/aromatic N) is 1. The molecule has 1 amide bonds. The fourth-order valence-electron chi connectivity index (χ4n) is 3.13. The molecule has 2 N–H and O–H groups in total. The molecule has 6 heteroatoms. The second-order valence-corrected chi connectivity index (χ2v) is 5.93. The first-order chi connectivity index (χ1) is 10.4. The first kappa shape index (κ1) is 16.8. The van der Waals surface area contributed by atoms with E-state index in [9.17, 15) is 23.8 Å². The van der Waals surface area contributed by atoms with Crippen molar-refractivity contribution in [2.24, 2.45) is 5.41 Å². The van der Waals surface area contributed by atoms with Gasteiger partial charge in [0.1, 0.15) is 11.6 Å². The average Bonchev–Trinajstić information content (AvgIpc) is 2.49. The Bertz CT molecular complexity index is 552. The lowest BCUT2D eigenvalue weighted by molar-refractivity contribution is -0.0720. The van der Waals surface area contributed by atoms with Crippen molar-refractivity contribution >= 4 is 5.91 Å². The number of piperidine rings is 1. The van der Waals surface area contributed by atoms with Crippen LogP contribution in [-0.2, 0) is 0 Å². The molecule has 1 aromatic carbocycles. The van der Waals surface area contributed by atoms with Gasteiger partial charge in [0.05, 0.1) is 18.3 Å². The molecule has 2 rings (SSSR count). The zero-order chi connectivity index (χ0) is 16.3. The number of carbonyl (C=O) groups is 1. The number of benzene rings is 1. The summed E-state index contributed by atoms with van der Waals surface area (Å²) in [5.41, 5.74) is -0.972. The molecular weight excluding hydrogens is 292 g/mol. The monoisotopic (exact) mass is 313 g/mol. The van der Waals surface area contributed by atoms with Crippen LogP contribution in [0.5, 0.6) is 0 Å². The van der Waals surface area contributed by atoms with Gasteiger partial charge in [-0.15, -0.1) is 0 Å². The molecule has 22 heavy (non-hydrogen) atoms. The second-order valence-electron chi connectivity index (χ2n) is 5.93. The Morgan fingerprint density at radius 2 is 2.18 bits per heavy atom. The van der Waals surface area contributed by atoms with Gasteiger partial charge in [0.15, 0.2) is 0 Å². The fraction of sp³-hybridized carbons (Fsp3) is 0.562. The van der Waals surface area contributed by atoms with Crippen molar-refractivity contribution < 1.29 is 23.8 Å². The van der Waals surface area contributed by atoms with Crippen LogP contribution in [0.3, 0.4) is 0 Å². The minimum atomic E-state index is -0.902. The number of halogens is 2. The summed E-state index contributed by atoms with van der Waals surface area (Å²) in [6.07, 6.45) is 0.958. The third-order valence-electron chi connectivity index (χ3n) is 4.40. The smallest absolute Gasteiger partial charge is 0.256 e. The molecule has 0 radical (unpaired) electrons. The number of carbonyl (C=O) groups excluding carboxylic acids is 1. The van der Waals surface area contributed by atoms with E-state index in [0.29, 0.717) is 18.9 Å². The predicted molar refractivity (Wildman–Crippen MR) is 77.3 cm³/mol. The van der Waals surface area contributed by atoms with Gasteiger partial charge < -0.3 is 15.1 Å². The SMILES string of the molecule is CCC[C@@]1(CO)CN(C(=O)c2ccc(F)cc2F)CC[C@@H]1O. The average molecular weight is 313 g/mol. The summed E-state index contributed by atoms with van der Waals surface area (Å²) >= 11 is 0. The lowest BCUT2D eigenvalue weighted by Gasteiger charge is -2.45. The van der Waals surface area contributed by atoms with Gasteiger partial charge in [0, 0.05) is 24.6 Å². The Morgan fingerprint density at radius 3 is 2.77 bits per heavy atom. The quantitative estimate of drug-likeness (QED) is 0.893. The maximum absolute atomic E-state index is 13.8. The van der Waals surface area contributed by atoms with Crippen LogP contribution in [0.2, 0.25) is 0 Å². The van der Waals surface area contributed by atoms with Gasteiger partial charge in [-0.3, -0.25) is 4.79 Å². The van der Waals surface area contributed by atoms with Crippen LogP contribution in [-0.4, -0.2) is 46.8 Å². The Kier molecular flexibility index (Phi) is 5.13. The number of rotatable bonds is 4. The van der Waals surface area contributed by atoms with Gasteiger partial charge >= 0.3 is 0 Å². The third kappa shape index (κ3) is 3.13. The highest BCUT2D eigenvalue weighted by atomic mass is 19.1. The van der Waals surface area contributed by atoms with E-state index in [4.69, 9.17) is 0 Å². The lowest BCUT2D eigenvalue weighted by Crippen LogP contribution is -2.55. The summed E-state index contributed by atoms with van der Waals surface area (Å²) in [7, 11) is 0. The molecule has 1 heterocycles. The first-order valence-corrected chi connectivity index (χ1v) is 7.47. The topological polar surface area (TPSA) is 60.8 Å². The van der Waals surface area contributed by atoms with E-state index in [1.807, 2.05) is 6.92 Å². The molecule has 2 atom stereocenters. The van der Waals surface area contributed by atoms with Gasteiger partial charge in [0.2, 0.25) is 0 Å². The van der Waals surface area contributed by atoms with Gasteiger partial charge in [0.25, 0.3) is 5.91 Å². The molecule has 1 fully saturated rings. The molecular formula is C16H21F2NO3. The number of hydrogen-bond acceptors (Lipinski definition) is 3. The number of aliphatic hydroxyl groups is 2. The molecule has 0 bridgehead atoms. The van der Waals surface area contributed by atoms with E-state index in [-0.39, 0.29) is 25.3 Å². The standard InChI is InChI=1S/C16H21F2NO3/c1-2-6-16(10-20)9-19(7-5-14(16)21)15(22)12-4-3-11(17)8-13(12)18/h3-4,8,14,20-21H,2,5-7,9-10H2,1H3/t14-,16-/m0/s1. The number of hydrogen-bond donors (Lipinski definition) is 2. The van der Waals surface area contributed by atoms with Crippen LogP contribution in [0, 0.1) is 17.0 Å². The largest absolute Gasteiger partial charge is 0.396 e. The summed E-state index contributed by atoms with van der Waals surface area (Å²) in [6, 6.07) is 2.84. The molecule has 4 nitrogen and oxygen atoms in total. The molecule has 0 aliphatic carbocycles. The van der Waals surface area contributed by atoms with E-state index >= 15 is 0 Å². The van der Waals surface area contributed by atoms with Gasteiger partial charge in [-0.25, -0.2) is 8.78 Å². The molecule has 1 aliphatic heterocycles. The van der Waals surface area contributed by atoms with Crippen molar-refractivity contribution in [3.8, 4) is 0 Å². The Hall–Kier alpha value is -1.53. The zero-order valence-corrected chi connectivity index (χ0v) is 12.6. The summed E-state index contributed by atoms with van der Waals surface area (Å²) in [5.74, 6) is -2.18. The van der Waals surface area contributed by atoms with Crippen molar-refractivity contribution in [1.82, 2.24) is 4.90 Å². The van der Waals surface area contributed by atoms with Gasteiger partial charge in [-0.1, -0.05) is 13.3 Å². The summed E-state index contributed by atoms with van der Waals surface area (Å²) < 4.78 is 26.7. The van der Waals surface area contributed by atoms with Gasteiger partial charge in [-0.05, 0) is 25.0 Å². The molecule has 0 spiro atoms.